The molecule has 11 aromatic rings. The molecule has 2 aromatic heterocycles. The first-order valence-corrected chi connectivity index (χ1v) is 18.6. The third-order valence-electron chi connectivity index (χ3n) is 12.3. The van der Waals surface area contributed by atoms with Crippen molar-refractivity contribution < 1.29 is 0 Å². The van der Waals surface area contributed by atoms with Crippen LogP contribution in [0.15, 0.2) is 170 Å². The maximum absolute atomic E-state index is 2.52. The molecule has 0 amide bonds. The predicted molar refractivity (Wildman–Crippen MR) is 226 cm³/mol. The van der Waals surface area contributed by atoms with Crippen LogP contribution in [0.1, 0.15) is 25.0 Å². The molecule has 0 saturated carbocycles. The Morgan fingerprint density at radius 2 is 0.887 bits per heavy atom. The van der Waals surface area contributed by atoms with Gasteiger partial charge in [0.25, 0.3) is 0 Å². The molecule has 0 aliphatic heterocycles. The molecule has 0 N–H and O–H groups in total. The van der Waals surface area contributed by atoms with Gasteiger partial charge in [0.2, 0.25) is 0 Å². The van der Waals surface area contributed by atoms with Crippen molar-refractivity contribution in [1.29, 1.82) is 0 Å². The largest absolute Gasteiger partial charge is 0.308 e. The van der Waals surface area contributed by atoms with Gasteiger partial charge in [-0.1, -0.05) is 147 Å². The maximum Gasteiger partial charge on any atom is 0.0782 e. The van der Waals surface area contributed by atoms with E-state index in [4.69, 9.17) is 0 Å². The second kappa shape index (κ2) is 10.2. The first-order valence-electron chi connectivity index (χ1n) is 18.6. The van der Waals surface area contributed by atoms with Crippen LogP contribution in [0, 0.1) is 0 Å². The number of fused-ring (bicyclic) bond motifs is 15. The van der Waals surface area contributed by atoms with Crippen LogP contribution in [0.5, 0.6) is 0 Å². The van der Waals surface area contributed by atoms with Gasteiger partial charge in [-0.05, 0) is 91.0 Å². The van der Waals surface area contributed by atoms with Crippen molar-refractivity contribution in [2.75, 3.05) is 4.90 Å². The zero-order valence-electron chi connectivity index (χ0n) is 29.6. The number of hydrogen-bond donors (Lipinski definition) is 0. The Morgan fingerprint density at radius 1 is 0.377 bits per heavy atom. The smallest absolute Gasteiger partial charge is 0.0782 e. The Balaban J connectivity index is 1.22. The molecule has 0 radical (unpaired) electrons. The fourth-order valence-corrected chi connectivity index (χ4v) is 9.94. The van der Waals surface area contributed by atoms with Crippen LogP contribution >= 0.6 is 0 Å². The summed E-state index contributed by atoms with van der Waals surface area (Å²) in [5.74, 6) is 0. The number of aromatic nitrogens is 1. The molecule has 2 nitrogen and oxygen atoms in total. The minimum absolute atomic E-state index is 0.0660. The Morgan fingerprint density at radius 3 is 1.64 bits per heavy atom. The van der Waals surface area contributed by atoms with Gasteiger partial charge in [-0.15, -0.1) is 0 Å². The van der Waals surface area contributed by atoms with E-state index < -0.39 is 0 Å². The Labute approximate surface area is 307 Å². The molecule has 248 valence electrons. The second-order valence-electron chi connectivity index (χ2n) is 15.3. The zero-order chi connectivity index (χ0) is 35.0. The van der Waals surface area contributed by atoms with E-state index in [2.05, 4.69) is 193 Å². The number of nitrogens with zero attached hydrogens (tertiary/aromatic N) is 2. The van der Waals surface area contributed by atoms with E-state index in [1.165, 1.54) is 92.7 Å². The normalized spacial score (nSPS) is 13.6. The lowest BCUT2D eigenvalue weighted by atomic mass is 9.82. The fourth-order valence-electron chi connectivity index (χ4n) is 9.94. The molecular formula is C51H34N2. The molecule has 0 bridgehead atoms. The van der Waals surface area contributed by atoms with Crippen molar-refractivity contribution in [3.63, 3.8) is 0 Å². The monoisotopic (exact) mass is 674 g/mol. The fraction of sp³-hybridized carbons (Fsp3) is 0.0588. The van der Waals surface area contributed by atoms with Crippen molar-refractivity contribution in [1.82, 2.24) is 4.40 Å². The molecule has 53 heavy (non-hydrogen) atoms. The second-order valence-corrected chi connectivity index (χ2v) is 15.3. The Bertz CT molecular complexity index is 3290. The summed E-state index contributed by atoms with van der Waals surface area (Å²) in [5, 5.41) is 12.8. The molecule has 0 atom stereocenters. The highest BCUT2D eigenvalue weighted by atomic mass is 15.2. The maximum atomic E-state index is 2.52. The van der Waals surface area contributed by atoms with Gasteiger partial charge in [0, 0.05) is 38.3 Å². The lowest BCUT2D eigenvalue weighted by Gasteiger charge is -2.28. The Hall–Kier alpha value is -6.64. The van der Waals surface area contributed by atoms with E-state index in [1.807, 2.05) is 0 Å². The van der Waals surface area contributed by atoms with Gasteiger partial charge in [-0.2, -0.15) is 0 Å². The van der Waals surface area contributed by atoms with Crippen LogP contribution < -0.4 is 4.90 Å². The van der Waals surface area contributed by atoms with Gasteiger partial charge in [-0.3, -0.25) is 0 Å². The molecule has 0 fully saturated rings. The summed E-state index contributed by atoms with van der Waals surface area (Å²) < 4.78 is 2.52. The van der Waals surface area contributed by atoms with E-state index >= 15 is 0 Å². The van der Waals surface area contributed by atoms with Crippen molar-refractivity contribution >= 4 is 87.5 Å². The molecule has 12 rings (SSSR count). The SMILES string of the molecule is CC1(C)c2ccccc2-c2cc(N(c3ccc4c5ccccc5c5ccccc5c4c3)c3cccc4c5cccc6c7ccccc7n(c34)c65)ccc21. The van der Waals surface area contributed by atoms with E-state index in [0.29, 0.717) is 0 Å². The number of rotatable bonds is 3. The average Bonchev–Trinajstić information content (AvgIpc) is 3.81. The molecule has 1 aliphatic carbocycles. The molecule has 0 spiro atoms. The van der Waals surface area contributed by atoms with Gasteiger partial charge in [0.15, 0.2) is 0 Å². The highest BCUT2D eigenvalue weighted by molar-refractivity contribution is 6.27. The lowest BCUT2D eigenvalue weighted by Crippen LogP contribution is -2.15. The highest BCUT2D eigenvalue weighted by Gasteiger charge is 2.36. The van der Waals surface area contributed by atoms with Gasteiger partial charge in [0.1, 0.15) is 0 Å². The van der Waals surface area contributed by atoms with Gasteiger partial charge in [0.05, 0.1) is 22.2 Å². The Kier molecular flexibility index (Phi) is 5.60. The number of hydrogen-bond acceptors (Lipinski definition) is 1. The quantitative estimate of drug-likeness (QED) is 0.169. The van der Waals surface area contributed by atoms with Gasteiger partial charge in [-0.25, -0.2) is 0 Å². The van der Waals surface area contributed by atoms with Crippen LogP contribution in [0.4, 0.5) is 17.1 Å². The summed E-state index contributed by atoms with van der Waals surface area (Å²) in [6.45, 7) is 4.72. The molecular weight excluding hydrogens is 641 g/mol. The van der Waals surface area contributed by atoms with Crippen LogP contribution in [-0.2, 0) is 5.41 Å². The van der Waals surface area contributed by atoms with Gasteiger partial charge < -0.3 is 9.30 Å². The van der Waals surface area contributed by atoms with E-state index in [0.717, 1.165) is 17.1 Å². The van der Waals surface area contributed by atoms with Crippen molar-refractivity contribution in [2.24, 2.45) is 0 Å². The third kappa shape index (κ3) is 3.72. The van der Waals surface area contributed by atoms with Crippen molar-refractivity contribution in [3.05, 3.63) is 181 Å². The van der Waals surface area contributed by atoms with Crippen LogP contribution in [0.2, 0.25) is 0 Å². The molecule has 1 aliphatic rings. The van der Waals surface area contributed by atoms with Crippen LogP contribution in [0.3, 0.4) is 0 Å². The summed E-state index contributed by atoms with van der Waals surface area (Å²) in [4.78, 5) is 2.52. The highest BCUT2D eigenvalue weighted by Crippen LogP contribution is 2.52. The summed E-state index contributed by atoms with van der Waals surface area (Å²) in [6, 6.07) is 63.5. The zero-order valence-corrected chi connectivity index (χ0v) is 29.6. The number of benzene rings is 9. The summed E-state index contributed by atoms with van der Waals surface area (Å²) in [5.41, 5.74) is 12.5. The molecule has 2 heteroatoms. The first kappa shape index (κ1) is 29.0. The van der Waals surface area contributed by atoms with E-state index in [9.17, 15) is 0 Å². The topological polar surface area (TPSA) is 7.65 Å². The minimum atomic E-state index is -0.0660. The summed E-state index contributed by atoms with van der Waals surface area (Å²) in [6.07, 6.45) is 0. The summed E-state index contributed by atoms with van der Waals surface area (Å²) >= 11 is 0. The first-order chi connectivity index (χ1) is 26.1. The standard InChI is InChI=1S/C51H34N2/c1-51(2)45-22-9-7-17-38(45)44-30-32(26-28-46(44)51)52(31-25-27-37-35-15-4-3-13-33(35)34-14-5-6-16-36(34)43(37)29-31)48-24-12-21-42-41-20-11-19-40-39-18-8-10-23-47(39)53(49(40)41)50(42)48/h3-30H,1-2H3. The van der Waals surface area contributed by atoms with E-state index in [-0.39, 0.29) is 5.41 Å². The molecule has 9 aromatic carbocycles. The average molecular weight is 675 g/mol. The van der Waals surface area contributed by atoms with E-state index in [1.54, 1.807) is 0 Å². The minimum Gasteiger partial charge on any atom is -0.308 e. The summed E-state index contributed by atoms with van der Waals surface area (Å²) in [7, 11) is 0. The predicted octanol–water partition coefficient (Wildman–Crippen LogP) is 14.1. The van der Waals surface area contributed by atoms with Crippen LogP contribution in [-0.4, -0.2) is 4.40 Å². The van der Waals surface area contributed by atoms with Crippen LogP contribution in [0.25, 0.3) is 81.5 Å². The third-order valence-corrected chi connectivity index (χ3v) is 12.3. The van der Waals surface area contributed by atoms with Crippen molar-refractivity contribution in [2.45, 2.75) is 19.3 Å². The number of anilines is 3. The van der Waals surface area contributed by atoms with Crippen molar-refractivity contribution in [3.8, 4) is 11.1 Å². The molecule has 0 saturated heterocycles. The molecule has 2 heterocycles. The molecule has 0 unspecified atom stereocenters. The lowest BCUT2D eigenvalue weighted by molar-refractivity contribution is 0.660. The number of para-hydroxylation sites is 3. The van der Waals surface area contributed by atoms with Gasteiger partial charge >= 0.3 is 0 Å².